The van der Waals surface area contributed by atoms with Crippen LogP contribution in [0.25, 0.3) is 0 Å². The van der Waals surface area contributed by atoms with Gasteiger partial charge >= 0.3 is 5.97 Å². The van der Waals surface area contributed by atoms with Crippen molar-refractivity contribution in [3.8, 4) is 0 Å². The van der Waals surface area contributed by atoms with E-state index < -0.39 is 0 Å². The Bertz CT molecular complexity index is 558. The van der Waals surface area contributed by atoms with Gasteiger partial charge in [-0.05, 0) is 61.3 Å². The van der Waals surface area contributed by atoms with Crippen LogP contribution in [-0.4, -0.2) is 18.5 Å². The second-order valence-corrected chi connectivity index (χ2v) is 6.79. The van der Waals surface area contributed by atoms with Gasteiger partial charge in [0.15, 0.2) is 6.61 Å². The Morgan fingerprint density at radius 3 is 2.59 bits per heavy atom. The van der Waals surface area contributed by atoms with E-state index in [0.29, 0.717) is 29.0 Å². The number of benzene rings is 1. The summed E-state index contributed by atoms with van der Waals surface area (Å²) in [6.07, 6.45) is 5.44. The first-order chi connectivity index (χ1) is 10.6. The lowest BCUT2D eigenvalue weighted by Gasteiger charge is -2.20. The van der Waals surface area contributed by atoms with Crippen molar-refractivity contribution >= 4 is 29.2 Å². The molecule has 1 aromatic rings. The molecular weight excluding hydrogens is 302 g/mol. The van der Waals surface area contributed by atoms with Gasteiger partial charge in [-0.25, -0.2) is 0 Å². The zero-order valence-corrected chi connectivity index (χ0v) is 13.1. The monoisotopic (exact) mass is 321 g/mol. The van der Waals surface area contributed by atoms with Crippen LogP contribution in [0.5, 0.6) is 0 Å². The maximum atomic E-state index is 11.9. The molecule has 2 aliphatic carbocycles. The van der Waals surface area contributed by atoms with Crippen molar-refractivity contribution in [3.63, 3.8) is 0 Å². The lowest BCUT2D eigenvalue weighted by atomic mass is 9.86. The van der Waals surface area contributed by atoms with Crippen LogP contribution in [0.1, 0.15) is 32.1 Å². The number of carbonyl (C=O) groups is 2. The van der Waals surface area contributed by atoms with Gasteiger partial charge in [0.05, 0.1) is 0 Å². The average Bonchev–Trinajstić information content (AvgIpc) is 3.10. The quantitative estimate of drug-likeness (QED) is 0.842. The number of fused-ring (bicyclic) bond motifs is 2. The number of amides is 1. The third-order valence-electron chi connectivity index (χ3n) is 4.81. The minimum atomic E-state index is -0.330. The molecule has 1 N–H and O–H groups in total. The number of esters is 1. The first kappa shape index (κ1) is 15.3. The molecule has 2 bridgehead atoms. The molecule has 2 saturated carbocycles. The van der Waals surface area contributed by atoms with Gasteiger partial charge in [0, 0.05) is 17.1 Å². The number of rotatable bonds is 5. The molecule has 1 amide bonds. The molecule has 0 heterocycles. The molecule has 4 nitrogen and oxygen atoms in total. The summed E-state index contributed by atoms with van der Waals surface area (Å²) in [7, 11) is 0. The number of anilines is 1. The maximum absolute atomic E-state index is 11.9. The zero-order chi connectivity index (χ0) is 15.5. The summed E-state index contributed by atoms with van der Waals surface area (Å²) < 4.78 is 5.09. The number of carbonyl (C=O) groups excluding carboxylic acids is 2. The first-order valence-electron chi connectivity index (χ1n) is 7.81. The summed E-state index contributed by atoms with van der Waals surface area (Å²) >= 11 is 5.78. The summed E-state index contributed by atoms with van der Waals surface area (Å²) in [5.41, 5.74) is 0.638. The topological polar surface area (TPSA) is 55.4 Å². The van der Waals surface area contributed by atoms with Gasteiger partial charge in [-0.1, -0.05) is 18.0 Å². The Morgan fingerprint density at radius 2 is 1.95 bits per heavy atom. The van der Waals surface area contributed by atoms with E-state index in [-0.39, 0.29) is 18.5 Å². The molecule has 22 heavy (non-hydrogen) atoms. The zero-order valence-electron chi connectivity index (χ0n) is 12.4. The van der Waals surface area contributed by atoms with Gasteiger partial charge in [-0.3, -0.25) is 9.59 Å². The Labute approximate surface area is 135 Å². The minimum absolute atomic E-state index is 0.234. The molecule has 1 aromatic carbocycles. The van der Waals surface area contributed by atoms with Crippen LogP contribution >= 0.6 is 11.6 Å². The van der Waals surface area contributed by atoms with Crippen LogP contribution in [0, 0.1) is 17.8 Å². The summed E-state index contributed by atoms with van der Waals surface area (Å²) in [4.78, 5) is 23.6. The fourth-order valence-electron chi connectivity index (χ4n) is 3.78. The van der Waals surface area contributed by atoms with E-state index in [1.165, 1.54) is 19.3 Å². The summed E-state index contributed by atoms with van der Waals surface area (Å²) in [6.45, 7) is -0.234. The fourth-order valence-corrected chi connectivity index (χ4v) is 3.90. The first-order valence-corrected chi connectivity index (χ1v) is 8.19. The Balaban J connectivity index is 1.39. The molecule has 0 spiro atoms. The van der Waals surface area contributed by atoms with Crippen LogP contribution in [-0.2, 0) is 14.3 Å². The molecule has 2 fully saturated rings. The van der Waals surface area contributed by atoms with Crippen molar-refractivity contribution < 1.29 is 14.3 Å². The Kier molecular flexibility index (Phi) is 4.67. The van der Waals surface area contributed by atoms with E-state index in [9.17, 15) is 9.59 Å². The third-order valence-corrected chi connectivity index (χ3v) is 5.06. The van der Waals surface area contributed by atoms with Crippen LogP contribution in [0.15, 0.2) is 24.3 Å². The second kappa shape index (κ2) is 6.69. The highest BCUT2D eigenvalue weighted by atomic mass is 35.5. The molecule has 0 radical (unpaired) electrons. The maximum Gasteiger partial charge on any atom is 0.306 e. The summed E-state index contributed by atoms with van der Waals surface area (Å²) in [5.74, 6) is 1.38. The SMILES string of the molecule is O=C(COC(=O)C[C@@H]1C[C@@H]2CC[C@@H]1C2)Nc1ccc(Cl)cc1. The molecule has 0 saturated heterocycles. The minimum Gasteiger partial charge on any atom is -0.456 e. The van der Waals surface area contributed by atoms with Gasteiger partial charge in [0.1, 0.15) is 0 Å². The van der Waals surface area contributed by atoms with Crippen molar-refractivity contribution in [2.45, 2.75) is 32.1 Å². The van der Waals surface area contributed by atoms with Gasteiger partial charge < -0.3 is 10.1 Å². The van der Waals surface area contributed by atoms with Crippen LogP contribution in [0.3, 0.4) is 0 Å². The predicted octanol–water partition coefficient (Wildman–Crippen LogP) is 3.65. The number of hydrogen-bond donors (Lipinski definition) is 1. The van der Waals surface area contributed by atoms with Crippen LogP contribution < -0.4 is 5.32 Å². The van der Waals surface area contributed by atoms with E-state index in [1.807, 2.05) is 0 Å². The van der Waals surface area contributed by atoms with Crippen molar-refractivity contribution in [2.75, 3.05) is 11.9 Å². The highest BCUT2D eigenvalue weighted by Gasteiger charge is 2.40. The average molecular weight is 322 g/mol. The lowest BCUT2D eigenvalue weighted by molar-refractivity contribution is -0.148. The molecule has 0 aliphatic heterocycles. The lowest BCUT2D eigenvalue weighted by Crippen LogP contribution is -2.23. The normalized spacial score (nSPS) is 26.0. The second-order valence-electron chi connectivity index (χ2n) is 6.35. The standard InChI is InChI=1S/C17H20ClNO3/c18-14-3-5-15(6-4-14)19-16(20)10-22-17(21)9-13-8-11-1-2-12(13)7-11/h3-6,11-13H,1-2,7-10H2,(H,19,20)/t11-,12-,13+/m1/s1. The van der Waals surface area contributed by atoms with Crippen LogP contribution in [0.4, 0.5) is 5.69 Å². The van der Waals surface area contributed by atoms with Gasteiger partial charge in [0.25, 0.3) is 5.91 Å². The van der Waals surface area contributed by atoms with E-state index in [4.69, 9.17) is 16.3 Å². The van der Waals surface area contributed by atoms with Crippen LogP contribution in [0.2, 0.25) is 5.02 Å². The van der Waals surface area contributed by atoms with E-state index in [0.717, 1.165) is 12.3 Å². The fraction of sp³-hybridized carbons (Fsp3) is 0.529. The molecule has 3 atom stereocenters. The largest absolute Gasteiger partial charge is 0.456 e. The van der Waals surface area contributed by atoms with Crippen molar-refractivity contribution in [1.82, 2.24) is 0 Å². The number of nitrogens with one attached hydrogen (secondary N) is 1. The molecule has 118 valence electrons. The Morgan fingerprint density at radius 1 is 1.18 bits per heavy atom. The van der Waals surface area contributed by atoms with E-state index in [2.05, 4.69) is 5.32 Å². The van der Waals surface area contributed by atoms with Crippen molar-refractivity contribution in [1.29, 1.82) is 0 Å². The number of halogens is 1. The molecule has 3 rings (SSSR count). The highest BCUT2D eigenvalue weighted by molar-refractivity contribution is 6.30. The highest BCUT2D eigenvalue weighted by Crippen LogP contribution is 2.49. The van der Waals surface area contributed by atoms with Gasteiger partial charge in [-0.15, -0.1) is 0 Å². The molecular formula is C17H20ClNO3. The van der Waals surface area contributed by atoms with E-state index in [1.54, 1.807) is 24.3 Å². The third kappa shape index (κ3) is 3.80. The number of hydrogen-bond acceptors (Lipinski definition) is 3. The molecule has 2 aliphatic rings. The molecule has 5 heteroatoms. The van der Waals surface area contributed by atoms with Gasteiger partial charge in [0.2, 0.25) is 0 Å². The van der Waals surface area contributed by atoms with E-state index >= 15 is 0 Å². The summed E-state index contributed by atoms with van der Waals surface area (Å²) in [6, 6.07) is 6.80. The van der Waals surface area contributed by atoms with Gasteiger partial charge in [-0.2, -0.15) is 0 Å². The Hall–Kier alpha value is -1.55. The van der Waals surface area contributed by atoms with Crippen molar-refractivity contribution in [2.24, 2.45) is 17.8 Å². The number of ether oxygens (including phenoxy) is 1. The smallest absolute Gasteiger partial charge is 0.306 e. The molecule has 0 unspecified atom stereocenters. The van der Waals surface area contributed by atoms with Crippen molar-refractivity contribution in [3.05, 3.63) is 29.3 Å². The summed E-state index contributed by atoms with van der Waals surface area (Å²) in [5, 5.41) is 3.28. The molecule has 0 aromatic heterocycles. The predicted molar refractivity (Wildman–Crippen MR) is 84.6 cm³/mol.